The highest BCUT2D eigenvalue weighted by Crippen LogP contribution is 2.23. The van der Waals surface area contributed by atoms with E-state index in [0.717, 1.165) is 43.3 Å². The molecule has 0 aromatic carbocycles. The van der Waals surface area contributed by atoms with Gasteiger partial charge in [0.25, 0.3) is 0 Å². The van der Waals surface area contributed by atoms with Gasteiger partial charge in [-0.3, -0.25) is 9.97 Å². The van der Waals surface area contributed by atoms with Gasteiger partial charge in [0, 0.05) is 45.2 Å². The molecular weight excluding hydrogens is 292 g/mol. The minimum absolute atomic E-state index is 0.237. The first-order valence-corrected chi connectivity index (χ1v) is 7.90. The Hall–Kier alpha value is -2.28. The summed E-state index contributed by atoms with van der Waals surface area (Å²) in [5, 5.41) is 9.38. The summed E-state index contributed by atoms with van der Waals surface area (Å²) in [6.07, 6.45) is 8.88. The van der Waals surface area contributed by atoms with E-state index in [1.807, 2.05) is 18.0 Å². The lowest BCUT2D eigenvalue weighted by Crippen LogP contribution is -2.37. The highest BCUT2D eigenvalue weighted by Gasteiger charge is 2.21. The molecule has 0 spiro atoms. The van der Waals surface area contributed by atoms with Crippen molar-refractivity contribution in [3.8, 4) is 0 Å². The van der Waals surface area contributed by atoms with E-state index in [2.05, 4.69) is 24.8 Å². The van der Waals surface area contributed by atoms with Crippen LogP contribution in [0.3, 0.4) is 0 Å². The maximum absolute atomic E-state index is 9.38. The zero-order valence-electron chi connectivity index (χ0n) is 13.3. The molecule has 1 aliphatic heterocycles. The van der Waals surface area contributed by atoms with Crippen LogP contribution in [0.25, 0.3) is 0 Å². The molecule has 3 rings (SSSR count). The summed E-state index contributed by atoms with van der Waals surface area (Å²) in [7, 11) is 1.98. The van der Waals surface area contributed by atoms with Gasteiger partial charge in [-0.2, -0.15) is 0 Å². The minimum Gasteiger partial charge on any atom is -0.396 e. The smallest absolute Gasteiger partial charge is 0.134 e. The van der Waals surface area contributed by atoms with Gasteiger partial charge in [0.2, 0.25) is 0 Å². The fraction of sp³-hybridized carbons (Fsp3) is 0.500. The Labute approximate surface area is 136 Å². The molecule has 2 aromatic rings. The van der Waals surface area contributed by atoms with Crippen molar-refractivity contribution >= 4 is 11.6 Å². The number of hydrogen-bond acceptors (Lipinski definition) is 7. The maximum Gasteiger partial charge on any atom is 0.134 e. The van der Waals surface area contributed by atoms with Crippen molar-refractivity contribution in [3.63, 3.8) is 0 Å². The third-order valence-corrected chi connectivity index (χ3v) is 4.15. The quantitative estimate of drug-likeness (QED) is 0.885. The normalized spacial score (nSPS) is 18.0. The SMILES string of the molecule is CN(Cc1cnccn1)c1cc(N2CCCC(CO)C2)ncn1. The van der Waals surface area contributed by atoms with Gasteiger partial charge >= 0.3 is 0 Å². The molecule has 0 saturated carbocycles. The average Bonchev–Trinajstić information content (AvgIpc) is 2.63. The number of rotatable bonds is 5. The molecule has 1 aliphatic rings. The number of hydrogen-bond donors (Lipinski definition) is 1. The van der Waals surface area contributed by atoms with Crippen molar-refractivity contribution in [2.24, 2.45) is 5.92 Å². The average molecular weight is 314 g/mol. The van der Waals surface area contributed by atoms with Crippen molar-refractivity contribution in [2.75, 3.05) is 36.5 Å². The molecule has 7 heteroatoms. The summed E-state index contributed by atoms with van der Waals surface area (Å²) in [5.74, 6) is 2.10. The summed E-state index contributed by atoms with van der Waals surface area (Å²) in [5.41, 5.74) is 0.897. The van der Waals surface area contributed by atoms with E-state index in [1.165, 1.54) is 0 Å². The fourth-order valence-electron chi connectivity index (χ4n) is 2.88. The second-order valence-corrected chi connectivity index (χ2v) is 5.92. The molecular formula is C16H22N6O. The van der Waals surface area contributed by atoms with Crippen LogP contribution in [0.5, 0.6) is 0 Å². The summed E-state index contributed by atoms with van der Waals surface area (Å²) in [6.45, 7) is 2.70. The Bertz CT molecular complexity index is 623. The molecule has 0 bridgehead atoms. The molecule has 1 atom stereocenters. The van der Waals surface area contributed by atoms with E-state index >= 15 is 0 Å². The van der Waals surface area contributed by atoms with Crippen LogP contribution in [0, 0.1) is 5.92 Å². The predicted octanol–water partition coefficient (Wildman–Crippen LogP) is 1.11. The van der Waals surface area contributed by atoms with Crippen LogP contribution in [0.2, 0.25) is 0 Å². The Balaban J connectivity index is 1.71. The topological polar surface area (TPSA) is 78.3 Å². The highest BCUT2D eigenvalue weighted by atomic mass is 16.3. The van der Waals surface area contributed by atoms with Crippen LogP contribution in [-0.2, 0) is 6.54 Å². The number of anilines is 2. The number of aliphatic hydroxyl groups is 1. The van der Waals surface area contributed by atoms with Crippen LogP contribution in [0.4, 0.5) is 11.6 Å². The van der Waals surface area contributed by atoms with E-state index in [1.54, 1.807) is 24.9 Å². The van der Waals surface area contributed by atoms with Crippen molar-refractivity contribution in [1.82, 2.24) is 19.9 Å². The van der Waals surface area contributed by atoms with Crippen LogP contribution in [-0.4, -0.2) is 51.8 Å². The summed E-state index contributed by atoms with van der Waals surface area (Å²) in [4.78, 5) is 21.4. The molecule has 2 aromatic heterocycles. The Morgan fingerprint density at radius 2 is 2.22 bits per heavy atom. The van der Waals surface area contributed by atoms with E-state index in [9.17, 15) is 5.11 Å². The zero-order chi connectivity index (χ0) is 16.1. The largest absolute Gasteiger partial charge is 0.396 e. The number of piperidine rings is 1. The van der Waals surface area contributed by atoms with Crippen molar-refractivity contribution in [2.45, 2.75) is 19.4 Å². The fourth-order valence-corrected chi connectivity index (χ4v) is 2.88. The highest BCUT2D eigenvalue weighted by molar-refractivity contribution is 5.50. The molecule has 23 heavy (non-hydrogen) atoms. The first-order chi connectivity index (χ1) is 11.3. The molecule has 3 heterocycles. The van der Waals surface area contributed by atoms with Crippen LogP contribution in [0.15, 0.2) is 31.0 Å². The second-order valence-electron chi connectivity index (χ2n) is 5.92. The zero-order valence-corrected chi connectivity index (χ0v) is 13.3. The summed E-state index contributed by atoms with van der Waals surface area (Å²) in [6, 6.07) is 2.00. The maximum atomic E-state index is 9.38. The van der Waals surface area contributed by atoms with E-state index in [0.29, 0.717) is 12.5 Å². The van der Waals surface area contributed by atoms with Gasteiger partial charge in [-0.05, 0) is 18.8 Å². The molecule has 1 N–H and O–H groups in total. The van der Waals surface area contributed by atoms with Gasteiger partial charge in [-0.15, -0.1) is 0 Å². The summed E-state index contributed by atoms with van der Waals surface area (Å²) < 4.78 is 0. The van der Waals surface area contributed by atoms with Gasteiger partial charge in [-0.25, -0.2) is 9.97 Å². The van der Waals surface area contributed by atoms with E-state index in [4.69, 9.17) is 0 Å². The van der Waals surface area contributed by atoms with Crippen LogP contribution in [0.1, 0.15) is 18.5 Å². The minimum atomic E-state index is 0.237. The third-order valence-electron chi connectivity index (χ3n) is 4.15. The van der Waals surface area contributed by atoms with Crippen LogP contribution < -0.4 is 9.80 Å². The molecule has 0 amide bonds. The Morgan fingerprint density at radius 3 is 3.00 bits per heavy atom. The molecule has 1 fully saturated rings. The first-order valence-electron chi connectivity index (χ1n) is 7.90. The Morgan fingerprint density at radius 1 is 1.30 bits per heavy atom. The second kappa shape index (κ2) is 7.32. The van der Waals surface area contributed by atoms with Crippen molar-refractivity contribution < 1.29 is 5.11 Å². The number of aromatic nitrogens is 4. The van der Waals surface area contributed by atoms with Gasteiger partial charge in [-0.1, -0.05) is 0 Å². The van der Waals surface area contributed by atoms with Crippen molar-refractivity contribution in [3.05, 3.63) is 36.7 Å². The molecule has 0 radical (unpaired) electrons. The number of nitrogens with zero attached hydrogens (tertiary/aromatic N) is 6. The molecule has 0 aliphatic carbocycles. The summed E-state index contributed by atoms with van der Waals surface area (Å²) >= 11 is 0. The third kappa shape index (κ3) is 3.92. The molecule has 1 saturated heterocycles. The standard InChI is InChI=1S/C16H22N6O/c1-21(10-14-8-17-4-5-18-14)15-7-16(20-12-19-15)22-6-2-3-13(9-22)11-23/h4-5,7-8,12-13,23H,2-3,6,9-11H2,1H3. The van der Waals surface area contributed by atoms with Gasteiger partial charge in [0.1, 0.15) is 18.0 Å². The van der Waals surface area contributed by atoms with Gasteiger partial charge in [0.05, 0.1) is 18.4 Å². The number of aliphatic hydroxyl groups excluding tert-OH is 1. The Kier molecular flexibility index (Phi) is 4.97. The monoisotopic (exact) mass is 314 g/mol. The lowest BCUT2D eigenvalue weighted by Gasteiger charge is -2.33. The lowest BCUT2D eigenvalue weighted by atomic mass is 9.99. The van der Waals surface area contributed by atoms with E-state index in [-0.39, 0.29) is 6.61 Å². The molecule has 7 nitrogen and oxygen atoms in total. The predicted molar refractivity (Wildman–Crippen MR) is 88.2 cm³/mol. The first kappa shape index (κ1) is 15.6. The van der Waals surface area contributed by atoms with E-state index < -0.39 is 0 Å². The van der Waals surface area contributed by atoms with Crippen LogP contribution >= 0.6 is 0 Å². The van der Waals surface area contributed by atoms with Gasteiger partial charge in [0.15, 0.2) is 0 Å². The molecule has 122 valence electrons. The van der Waals surface area contributed by atoms with Crippen molar-refractivity contribution in [1.29, 1.82) is 0 Å². The lowest BCUT2D eigenvalue weighted by molar-refractivity contribution is 0.208. The van der Waals surface area contributed by atoms with Gasteiger partial charge < -0.3 is 14.9 Å². The molecule has 1 unspecified atom stereocenters.